The van der Waals surface area contributed by atoms with Crippen molar-refractivity contribution in [1.82, 2.24) is 9.97 Å². The Labute approximate surface area is 202 Å². The molecule has 35 heavy (non-hydrogen) atoms. The Bertz CT molecular complexity index is 1180. The number of anilines is 1. The molecule has 3 aromatic rings. The van der Waals surface area contributed by atoms with Crippen molar-refractivity contribution in [3.05, 3.63) is 76.5 Å². The van der Waals surface area contributed by atoms with E-state index in [2.05, 4.69) is 21.8 Å². The summed E-state index contributed by atoms with van der Waals surface area (Å²) in [6, 6.07) is 6.26. The average Bonchev–Trinajstić information content (AvgIpc) is 2.85. The van der Waals surface area contributed by atoms with Crippen LogP contribution in [-0.2, 0) is 6.42 Å². The van der Waals surface area contributed by atoms with Gasteiger partial charge in [0.05, 0.1) is 12.2 Å². The molecule has 1 aliphatic rings. The summed E-state index contributed by atoms with van der Waals surface area (Å²) < 4.78 is 49.7. The Morgan fingerprint density at radius 2 is 1.66 bits per heavy atom. The van der Waals surface area contributed by atoms with Gasteiger partial charge in [-0.2, -0.15) is 0 Å². The van der Waals surface area contributed by atoms with E-state index in [1.165, 1.54) is 19.2 Å². The topological polar surface area (TPSA) is 64.3 Å². The molecule has 0 unspecified atom stereocenters. The first-order chi connectivity index (χ1) is 16.8. The second-order valence-corrected chi connectivity index (χ2v) is 8.67. The van der Waals surface area contributed by atoms with Gasteiger partial charge in [-0.25, -0.2) is 27.9 Å². The van der Waals surface area contributed by atoms with Crippen molar-refractivity contribution in [2.24, 2.45) is 5.92 Å². The summed E-state index contributed by atoms with van der Waals surface area (Å²) in [6.45, 7) is 3.73. The molecule has 0 atom stereocenters. The largest absolute Gasteiger partial charge is 0.624 e. The second kappa shape index (κ2) is 10.8. The number of hydrogen-bond donors (Lipinski definition) is 0. The van der Waals surface area contributed by atoms with Crippen molar-refractivity contribution in [1.29, 1.82) is 0 Å². The van der Waals surface area contributed by atoms with Crippen LogP contribution in [-0.4, -0.2) is 47.7 Å². The minimum atomic E-state index is -0.850. The number of piperidine rings is 1. The summed E-state index contributed by atoms with van der Waals surface area (Å²) in [7, 11) is 1.24. The van der Waals surface area contributed by atoms with E-state index >= 15 is 0 Å². The Morgan fingerprint density at radius 1 is 1.03 bits per heavy atom. The molecule has 0 N–H and O–H groups in total. The number of aryl methyl sites for hydroxylation is 1. The zero-order valence-electron chi connectivity index (χ0n) is 19.7. The zero-order chi connectivity index (χ0) is 24.9. The lowest BCUT2D eigenvalue weighted by Crippen LogP contribution is -2.36. The maximum Gasteiger partial charge on any atom is 0.225 e. The van der Waals surface area contributed by atoms with Gasteiger partial charge in [0.2, 0.25) is 5.95 Å². The van der Waals surface area contributed by atoms with Gasteiger partial charge in [-0.1, -0.05) is 13.0 Å². The zero-order valence-corrected chi connectivity index (χ0v) is 19.7. The van der Waals surface area contributed by atoms with Crippen molar-refractivity contribution < 1.29 is 22.6 Å². The lowest BCUT2D eigenvalue weighted by molar-refractivity contribution is -0.416. The molecule has 0 saturated carbocycles. The van der Waals surface area contributed by atoms with Gasteiger partial charge >= 0.3 is 0 Å². The van der Waals surface area contributed by atoms with Crippen LogP contribution in [0.4, 0.5) is 19.1 Å². The quantitative estimate of drug-likeness (QED) is 0.205. The van der Waals surface area contributed by atoms with Gasteiger partial charge in [-0.3, -0.25) is 0 Å². The minimum absolute atomic E-state index is 0.0859. The molecule has 9 heteroatoms. The monoisotopic (exact) mass is 484 g/mol. The fourth-order valence-electron chi connectivity index (χ4n) is 4.07. The van der Waals surface area contributed by atoms with Crippen LogP contribution in [0.15, 0.2) is 42.7 Å². The third kappa shape index (κ3) is 5.90. The number of rotatable bonds is 7. The lowest BCUT2D eigenvalue weighted by Gasteiger charge is -2.31. The predicted molar refractivity (Wildman–Crippen MR) is 128 cm³/mol. The fraction of sp³-hybridized carbons (Fsp3) is 0.346. The first-order valence-corrected chi connectivity index (χ1v) is 11.6. The number of halogens is 3. The summed E-state index contributed by atoms with van der Waals surface area (Å²) in [5.41, 5.74) is 1.64. The number of aromatic nitrogens is 2. The highest BCUT2D eigenvalue weighted by Gasteiger charge is 2.23. The van der Waals surface area contributed by atoms with Gasteiger partial charge in [-0.15, -0.1) is 0 Å². The Balaban J connectivity index is 1.37. The third-order valence-electron chi connectivity index (χ3n) is 6.11. The van der Waals surface area contributed by atoms with E-state index in [0.29, 0.717) is 16.3 Å². The number of hydroxylamine groups is 1. The lowest BCUT2D eigenvalue weighted by atomic mass is 9.98. The summed E-state index contributed by atoms with van der Waals surface area (Å²) >= 11 is 0. The minimum Gasteiger partial charge on any atom is -0.624 e. The molecule has 1 saturated heterocycles. The molecule has 0 bridgehead atoms. The highest BCUT2D eigenvalue weighted by Crippen LogP contribution is 2.31. The molecule has 0 amide bonds. The predicted octanol–water partition coefficient (Wildman–Crippen LogP) is 4.98. The molecule has 6 nitrogen and oxygen atoms in total. The molecule has 0 aliphatic carbocycles. The van der Waals surface area contributed by atoms with E-state index in [1.54, 1.807) is 0 Å². The van der Waals surface area contributed by atoms with E-state index in [9.17, 15) is 18.4 Å². The molecule has 1 aromatic heterocycles. The van der Waals surface area contributed by atoms with Crippen LogP contribution >= 0.6 is 0 Å². The first-order valence-electron chi connectivity index (χ1n) is 11.6. The van der Waals surface area contributed by atoms with E-state index in [0.717, 1.165) is 62.3 Å². The van der Waals surface area contributed by atoms with Crippen LogP contribution in [0.3, 0.4) is 0 Å². The van der Waals surface area contributed by atoms with E-state index in [4.69, 9.17) is 4.74 Å². The van der Waals surface area contributed by atoms with Gasteiger partial charge in [0.1, 0.15) is 12.9 Å². The Hall–Kier alpha value is -3.62. The van der Waals surface area contributed by atoms with Crippen molar-refractivity contribution in [3.8, 4) is 16.9 Å². The Morgan fingerprint density at radius 3 is 2.23 bits per heavy atom. The molecular weight excluding hydrogens is 457 g/mol. The number of benzene rings is 2. The molecule has 4 rings (SSSR count). The fourth-order valence-corrected chi connectivity index (χ4v) is 4.07. The van der Waals surface area contributed by atoms with Gasteiger partial charge in [0, 0.05) is 25.5 Å². The van der Waals surface area contributed by atoms with Crippen LogP contribution in [0.1, 0.15) is 30.9 Å². The molecule has 2 aromatic carbocycles. The van der Waals surface area contributed by atoms with Gasteiger partial charge in [-0.05, 0) is 66.1 Å². The average molecular weight is 485 g/mol. The molecular formula is C26H27F3N4O2. The maximum absolute atomic E-state index is 14.7. The highest BCUT2D eigenvalue weighted by atomic mass is 19.1. The molecule has 2 heterocycles. The van der Waals surface area contributed by atoms with Crippen molar-refractivity contribution in [2.75, 3.05) is 31.6 Å². The number of ether oxygens (including phenoxy) is 1. The molecule has 1 fully saturated rings. The van der Waals surface area contributed by atoms with Crippen molar-refractivity contribution >= 4 is 12.2 Å². The number of nitrogens with zero attached hydrogens (tertiary/aromatic N) is 4. The first kappa shape index (κ1) is 24.5. The maximum atomic E-state index is 14.7. The molecule has 0 spiro atoms. The second-order valence-electron chi connectivity index (χ2n) is 8.67. The van der Waals surface area contributed by atoms with Crippen LogP contribution in [0, 0.1) is 28.6 Å². The summed E-state index contributed by atoms with van der Waals surface area (Å²) in [6.07, 6.45) is 7.22. The SMILES string of the molecule is CCc1cnc(N2CCC(COc3c(F)cc(-c4ccc(/C=[N+](/C)[O-])c(F)c4)cc3F)CC2)nc1. The summed E-state index contributed by atoms with van der Waals surface area (Å²) in [4.78, 5) is 10.9. The third-order valence-corrected chi connectivity index (χ3v) is 6.11. The van der Waals surface area contributed by atoms with Crippen LogP contribution < -0.4 is 9.64 Å². The van der Waals surface area contributed by atoms with Crippen molar-refractivity contribution in [3.63, 3.8) is 0 Å². The van der Waals surface area contributed by atoms with E-state index < -0.39 is 23.2 Å². The molecule has 184 valence electrons. The normalized spacial score (nSPS) is 14.9. The van der Waals surface area contributed by atoms with E-state index in [1.807, 2.05) is 12.4 Å². The highest BCUT2D eigenvalue weighted by molar-refractivity contribution is 5.78. The van der Waals surface area contributed by atoms with E-state index in [-0.39, 0.29) is 23.7 Å². The van der Waals surface area contributed by atoms with Gasteiger partial charge in [0.15, 0.2) is 23.6 Å². The summed E-state index contributed by atoms with van der Waals surface area (Å²) in [5.74, 6) is -1.96. The van der Waals surface area contributed by atoms with Crippen molar-refractivity contribution in [2.45, 2.75) is 26.2 Å². The van der Waals surface area contributed by atoms with Crippen LogP contribution in [0.2, 0.25) is 0 Å². The number of hydrogen-bond acceptors (Lipinski definition) is 5. The van der Waals surface area contributed by atoms with Gasteiger partial charge < -0.3 is 14.8 Å². The standard InChI is InChI=1S/C26H27F3N4O2/c1-3-17-13-30-26(31-14-17)33-8-6-18(7-9-33)16-35-25-23(28)11-21(12-24(25)29)19-4-5-20(15-32(2)34)22(27)10-19/h4-5,10-15,18H,3,6-9,16H2,1-2H3/b32-15-. The Kier molecular flexibility index (Phi) is 7.53. The molecule has 1 aliphatic heterocycles. The van der Waals surface area contributed by atoms with Gasteiger partial charge in [0.25, 0.3) is 0 Å². The summed E-state index contributed by atoms with van der Waals surface area (Å²) in [5, 5.41) is 11.1. The molecule has 0 radical (unpaired) electrons. The van der Waals surface area contributed by atoms with Crippen LogP contribution in [0.5, 0.6) is 5.75 Å². The van der Waals surface area contributed by atoms with Crippen LogP contribution in [0.25, 0.3) is 11.1 Å². The smallest absolute Gasteiger partial charge is 0.225 e.